The Hall–Kier alpha value is -0.0405. The van der Waals surface area contributed by atoms with Gasteiger partial charge in [-0.3, -0.25) is 0 Å². The molecular weight excluding hydrogens is 279 g/mol. The molecule has 0 fully saturated rings. The summed E-state index contributed by atoms with van der Waals surface area (Å²) in [6.07, 6.45) is 1.24. The van der Waals surface area contributed by atoms with Gasteiger partial charge in [0.15, 0.2) is 0 Å². The summed E-state index contributed by atoms with van der Waals surface area (Å²) < 4.78 is 2.98. The van der Waals surface area contributed by atoms with Crippen LogP contribution in [0.5, 0.6) is 0 Å². The monoisotopic (exact) mass is 288 g/mol. The first-order chi connectivity index (χ1) is 5.88. The average molecular weight is 288 g/mol. The Morgan fingerprint density at radius 2 is 1.92 bits per heavy atom. The Labute approximate surface area is 87.3 Å². The second kappa shape index (κ2) is 3.78. The fourth-order valence-electron chi connectivity index (χ4n) is 1.26. The number of hydrogen-bond donors (Lipinski definition) is 0. The van der Waals surface area contributed by atoms with E-state index in [2.05, 4.69) is 46.3 Å². The minimum absolute atomic E-state index is 0.695. The maximum absolute atomic E-state index is 3.64. The molecule has 0 amide bonds. The van der Waals surface area contributed by atoms with Crippen molar-refractivity contribution >= 4 is 35.4 Å². The third-order valence-corrected chi connectivity index (χ3v) is 5.71. The molecule has 2 heteroatoms. The van der Waals surface area contributed by atoms with Crippen LogP contribution in [0.3, 0.4) is 0 Å². The molecule has 2 rings (SSSR count). The predicted molar refractivity (Wildman–Crippen MR) is 57.5 cm³/mol. The van der Waals surface area contributed by atoms with Crippen LogP contribution in [0.4, 0.5) is 0 Å². The van der Waals surface area contributed by atoms with E-state index in [9.17, 15) is 0 Å². The van der Waals surface area contributed by atoms with Gasteiger partial charge in [-0.05, 0) is 0 Å². The normalized spacial score (nSPS) is 17.1. The van der Waals surface area contributed by atoms with Crippen LogP contribution in [0, 0.1) is 0 Å². The van der Waals surface area contributed by atoms with Gasteiger partial charge in [-0.15, -0.1) is 0 Å². The van der Waals surface area contributed by atoms with E-state index in [-0.39, 0.29) is 0 Å². The third-order valence-electron chi connectivity index (χ3n) is 1.85. The number of rotatable bonds is 1. The Bertz CT molecular complexity index is 303. The molecule has 1 aromatic carbocycles. The van der Waals surface area contributed by atoms with E-state index in [4.69, 9.17) is 0 Å². The van der Waals surface area contributed by atoms with E-state index in [1.165, 1.54) is 21.8 Å². The number of allylic oxidation sites excluding steroid dienone is 1. The first kappa shape index (κ1) is 8.55. The summed E-state index contributed by atoms with van der Waals surface area (Å²) in [5.74, 6) is 0. The molecule has 1 aliphatic heterocycles. The number of halogens is 1. The van der Waals surface area contributed by atoms with Gasteiger partial charge in [-0.2, -0.15) is 0 Å². The maximum atomic E-state index is 3.64. The van der Waals surface area contributed by atoms with Gasteiger partial charge in [0.25, 0.3) is 0 Å². The van der Waals surface area contributed by atoms with Gasteiger partial charge in [-0.25, -0.2) is 0 Å². The molecule has 0 spiro atoms. The molecule has 0 aromatic heterocycles. The van der Waals surface area contributed by atoms with Crippen molar-refractivity contribution in [3.63, 3.8) is 0 Å². The SMILES string of the molecule is BrC1=C(c2ccccc2)[Se]CC1. The van der Waals surface area contributed by atoms with E-state index in [0.717, 1.165) is 0 Å². The first-order valence-electron chi connectivity index (χ1n) is 3.95. The van der Waals surface area contributed by atoms with Crippen LogP contribution in [0.25, 0.3) is 4.47 Å². The standard InChI is InChI=1S/C10H9BrSe/c11-9-6-7-12-10(9)8-4-2-1-3-5-8/h1-5H,6-7H2. The molecule has 1 aliphatic rings. The Kier molecular flexibility index (Phi) is 2.69. The number of benzene rings is 1. The summed E-state index contributed by atoms with van der Waals surface area (Å²) in [5.41, 5.74) is 1.40. The van der Waals surface area contributed by atoms with Crippen LogP contribution in [-0.4, -0.2) is 15.0 Å². The van der Waals surface area contributed by atoms with Crippen LogP contribution < -0.4 is 0 Å². The van der Waals surface area contributed by atoms with Crippen LogP contribution >= 0.6 is 15.9 Å². The third kappa shape index (κ3) is 1.66. The minimum atomic E-state index is 0.695. The zero-order chi connectivity index (χ0) is 8.39. The quantitative estimate of drug-likeness (QED) is 0.696. The predicted octanol–water partition coefficient (Wildman–Crippen LogP) is 3.28. The second-order valence-electron chi connectivity index (χ2n) is 2.70. The molecule has 0 saturated heterocycles. The van der Waals surface area contributed by atoms with Crippen molar-refractivity contribution in [2.24, 2.45) is 0 Å². The van der Waals surface area contributed by atoms with Crippen LogP contribution in [-0.2, 0) is 0 Å². The fraction of sp³-hybridized carbons (Fsp3) is 0.200. The van der Waals surface area contributed by atoms with Gasteiger partial charge in [0.1, 0.15) is 0 Å². The molecule has 1 heterocycles. The molecule has 0 bridgehead atoms. The zero-order valence-electron chi connectivity index (χ0n) is 6.59. The molecule has 0 aliphatic carbocycles. The topological polar surface area (TPSA) is 0 Å². The molecular formula is C10H9BrSe. The summed E-state index contributed by atoms with van der Waals surface area (Å²) in [6.45, 7) is 0. The first-order valence-corrected chi connectivity index (χ1v) is 6.81. The van der Waals surface area contributed by atoms with Gasteiger partial charge in [0.2, 0.25) is 0 Å². The summed E-state index contributed by atoms with van der Waals surface area (Å²) in [4.78, 5) is 0. The molecule has 0 radical (unpaired) electrons. The van der Waals surface area contributed by atoms with Gasteiger partial charge in [0, 0.05) is 0 Å². The van der Waals surface area contributed by atoms with Crippen molar-refractivity contribution in [2.45, 2.75) is 11.7 Å². The molecule has 0 nitrogen and oxygen atoms in total. The van der Waals surface area contributed by atoms with Crippen LogP contribution in [0.2, 0.25) is 5.32 Å². The molecule has 0 atom stereocenters. The van der Waals surface area contributed by atoms with E-state index in [1.54, 1.807) is 4.47 Å². The number of hydrogen-bond acceptors (Lipinski definition) is 0. The van der Waals surface area contributed by atoms with Crippen molar-refractivity contribution in [3.05, 3.63) is 40.4 Å². The molecule has 62 valence electrons. The van der Waals surface area contributed by atoms with Crippen molar-refractivity contribution in [1.29, 1.82) is 0 Å². The molecule has 1 aromatic rings. The molecule has 0 N–H and O–H groups in total. The zero-order valence-corrected chi connectivity index (χ0v) is 9.89. The van der Waals surface area contributed by atoms with Gasteiger partial charge in [0.05, 0.1) is 0 Å². The summed E-state index contributed by atoms with van der Waals surface area (Å²) in [6, 6.07) is 10.7. The van der Waals surface area contributed by atoms with E-state index in [1.807, 2.05) is 0 Å². The van der Waals surface area contributed by atoms with Gasteiger partial charge >= 0.3 is 87.5 Å². The average Bonchev–Trinajstić information content (AvgIpc) is 2.53. The Morgan fingerprint density at radius 1 is 1.17 bits per heavy atom. The van der Waals surface area contributed by atoms with Gasteiger partial charge < -0.3 is 0 Å². The van der Waals surface area contributed by atoms with Crippen molar-refractivity contribution in [1.82, 2.24) is 0 Å². The molecule has 12 heavy (non-hydrogen) atoms. The summed E-state index contributed by atoms with van der Waals surface area (Å²) in [7, 11) is 0. The van der Waals surface area contributed by atoms with E-state index < -0.39 is 0 Å². The van der Waals surface area contributed by atoms with Crippen molar-refractivity contribution < 1.29 is 0 Å². The van der Waals surface area contributed by atoms with Crippen LogP contribution in [0.1, 0.15) is 12.0 Å². The van der Waals surface area contributed by atoms with E-state index in [0.29, 0.717) is 15.0 Å². The second-order valence-corrected chi connectivity index (χ2v) is 5.97. The fourth-order valence-corrected chi connectivity index (χ4v) is 5.13. The van der Waals surface area contributed by atoms with Crippen molar-refractivity contribution in [2.75, 3.05) is 0 Å². The van der Waals surface area contributed by atoms with E-state index >= 15 is 0 Å². The molecule has 0 saturated carbocycles. The van der Waals surface area contributed by atoms with Crippen LogP contribution in [0.15, 0.2) is 34.8 Å². The Balaban J connectivity index is 2.37. The Morgan fingerprint density at radius 3 is 2.50 bits per heavy atom. The molecule has 0 unspecified atom stereocenters. The van der Waals surface area contributed by atoms with Gasteiger partial charge in [-0.1, -0.05) is 0 Å². The van der Waals surface area contributed by atoms with Crippen molar-refractivity contribution in [3.8, 4) is 0 Å². The summed E-state index contributed by atoms with van der Waals surface area (Å²) >= 11 is 4.33. The summed E-state index contributed by atoms with van der Waals surface area (Å²) in [5, 5.41) is 1.36.